The molecule has 33 heavy (non-hydrogen) atoms. The zero-order valence-electron chi connectivity index (χ0n) is 19.6. The van der Waals surface area contributed by atoms with E-state index in [0.717, 1.165) is 19.3 Å². The van der Waals surface area contributed by atoms with Crippen LogP contribution < -0.4 is 20.2 Å². The molecule has 2 aromatic carbocycles. The molecule has 1 atom stereocenters. The van der Waals surface area contributed by atoms with Gasteiger partial charge >= 0.3 is 0 Å². The van der Waals surface area contributed by atoms with Crippen LogP contribution in [0.15, 0.2) is 47.6 Å². The van der Waals surface area contributed by atoms with E-state index < -0.39 is 11.9 Å². The van der Waals surface area contributed by atoms with Crippen molar-refractivity contribution < 1.29 is 19.1 Å². The van der Waals surface area contributed by atoms with Crippen LogP contribution in [0.5, 0.6) is 11.5 Å². The summed E-state index contributed by atoms with van der Waals surface area (Å²) in [4.78, 5) is 25.3. The van der Waals surface area contributed by atoms with E-state index in [1.807, 2.05) is 32.0 Å². The first kappa shape index (κ1) is 26.2. The van der Waals surface area contributed by atoms with Crippen LogP contribution in [0.2, 0.25) is 5.02 Å². The van der Waals surface area contributed by atoms with Gasteiger partial charge in [-0.05, 0) is 48.7 Å². The fraction of sp³-hybridized carbons (Fsp3) is 0.400. The molecule has 0 aromatic heterocycles. The predicted octanol–water partition coefficient (Wildman–Crippen LogP) is 4.82. The van der Waals surface area contributed by atoms with Gasteiger partial charge in [0.25, 0.3) is 11.8 Å². The van der Waals surface area contributed by atoms with Gasteiger partial charge in [-0.2, -0.15) is 5.10 Å². The minimum Gasteiger partial charge on any atom is -0.493 e. The lowest BCUT2D eigenvalue weighted by Gasteiger charge is -2.20. The number of rotatable bonds is 12. The summed E-state index contributed by atoms with van der Waals surface area (Å²) in [5.74, 6) is 0.241. The number of carbonyl (C=O) groups excluding carboxylic acids is 2. The van der Waals surface area contributed by atoms with E-state index in [-0.39, 0.29) is 11.8 Å². The number of nitrogens with one attached hydrogen (secondary N) is 2. The van der Waals surface area contributed by atoms with Crippen LogP contribution in [-0.4, -0.2) is 37.8 Å². The number of amides is 2. The molecule has 0 saturated carbocycles. The maximum Gasteiger partial charge on any atom is 0.262 e. The van der Waals surface area contributed by atoms with Crippen LogP contribution in [0.25, 0.3) is 0 Å². The molecular weight excluding hydrogens is 442 g/mol. The van der Waals surface area contributed by atoms with E-state index in [2.05, 4.69) is 22.8 Å². The molecule has 2 N–H and O–H groups in total. The average molecular weight is 474 g/mol. The number of hydrazone groups is 1. The van der Waals surface area contributed by atoms with Crippen molar-refractivity contribution in [2.24, 2.45) is 11.0 Å². The van der Waals surface area contributed by atoms with E-state index in [9.17, 15) is 9.59 Å². The number of hydrogen-bond acceptors (Lipinski definition) is 5. The highest BCUT2D eigenvalue weighted by molar-refractivity contribution is 6.30. The van der Waals surface area contributed by atoms with Gasteiger partial charge in [-0.3, -0.25) is 9.59 Å². The minimum absolute atomic E-state index is 0.147. The summed E-state index contributed by atoms with van der Waals surface area (Å²) < 4.78 is 11.3. The summed E-state index contributed by atoms with van der Waals surface area (Å²) >= 11 is 5.87. The van der Waals surface area contributed by atoms with Crippen molar-refractivity contribution in [3.63, 3.8) is 0 Å². The first-order valence-electron chi connectivity index (χ1n) is 11.1. The second-order valence-corrected chi connectivity index (χ2v) is 8.31. The molecule has 178 valence electrons. The fourth-order valence-corrected chi connectivity index (χ4v) is 3.20. The van der Waals surface area contributed by atoms with Gasteiger partial charge in [0.1, 0.15) is 6.04 Å². The van der Waals surface area contributed by atoms with Crippen molar-refractivity contribution in [3.05, 3.63) is 58.6 Å². The molecule has 2 amide bonds. The van der Waals surface area contributed by atoms with Crippen molar-refractivity contribution in [2.45, 2.75) is 46.1 Å². The molecule has 0 saturated heterocycles. The Morgan fingerprint density at radius 1 is 1.12 bits per heavy atom. The van der Waals surface area contributed by atoms with Crippen LogP contribution in [0.1, 0.15) is 56.0 Å². The number of methoxy groups -OCH3 is 1. The normalized spacial score (nSPS) is 11.9. The van der Waals surface area contributed by atoms with Crippen molar-refractivity contribution in [2.75, 3.05) is 13.7 Å². The second-order valence-electron chi connectivity index (χ2n) is 7.87. The largest absolute Gasteiger partial charge is 0.493 e. The van der Waals surface area contributed by atoms with Crippen LogP contribution in [-0.2, 0) is 4.79 Å². The molecule has 0 fully saturated rings. The fourth-order valence-electron chi connectivity index (χ4n) is 3.07. The maximum absolute atomic E-state index is 12.7. The maximum atomic E-state index is 12.7. The van der Waals surface area contributed by atoms with Crippen molar-refractivity contribution >= 4 is 29.6 Å². The Kier molecular flexibility index (Phi) is 10.7. The lowest BCUT2D eigenvalue weighted by atomic mass is 10.0. The highest BCUT2D eigenvalue weighted by Crippen LogP contribution is 2.30. The zero-order chi connectivity index (χ0) is 24.2. The molecule has 0 spiro atoms. The molecule has 0 aliphatic heterocycles. The Morgan fingerprint density at radius 3 is 2.48 bits per heavy atom. The van der Waals surface area contributed by atoms with Crippen molar-refractivity contribution in [1.29, 1.82) is 0 Å². The number of ether oxygens (including phenoxy) is 2. The van der Waals surface area contributed by atoms with E-state index in [1.54, 1.807) is 31.4 Å². The quantitative estimate of drug-likeness (QED) is 0.262. The van der Waals surface area contributed by atoms with E-state index in [0.29, 0.717) is 34.3 Å². The summed E-state index contributed by atoms with van der Waals surface area (Å²) in [6, 6.07) is 11.2. The minimum atomic E-state index is -0.764. The monoisotopic (exact) mass is 473 g/mol. The Bertz CT molecular complexity index is 945. The molecule has 2 rings (SSSR count). The number of para-hydroxylation sites is 1. The molecule has 0 aliphatic rings. The molecule has 0 heterocycles. The average Bonchev–Trinajstić information content (AvgIpc) is 2.80. The number of carbonyl (C=O) groups is 2. The second kappa shape index (κ2) is 13.5. The van der Waals surface area contributed by atoms with Gasteiger partial charge < -0.3 is 14.8 Å². The number of hydrogen-bond donors (Lipinski definition) is 2. The summed E-state index contributed by atoms with van der Waals surface area (Å²) in [7, 11) is 1.58. The van der Waals surface area contributed by atoms with Gasteiger partial charge in [-0.1, -0.05) is 51.3 Å². The Hall–Kier alpha value is -3.06. The third-order valence-corrected chi connectivity index (χ3v) is 5.20. The van der Waals surface area contributed by atoms with Crippen LogP contribution in [0, 0.1) is 5.92 Å². The number of benzene rings is 2. The zero-order valence-corrected chi connectivity index (χ0v) is 20.3. The van der Waals surface area contributed by atoms with E-state index in [1.165, 1.54) is 6.21 Å². The lowest BCUT2D eigenvalue weighted by molar-refractivity contribution is -0.123. The van der Waals surface area contributed by atoms with Gasteiger partial charge in [-0.15, -0.1) is 0 Å². The predicted molar refractivity (Wildman–Crippen MR) is 131 cm³/mol. The van der Waals surface area contributed by atoms with Gasteiger partial charge in [0.15, 0.2) is 11.5 Å². The van der Waals surface area contributed by atoms with Gasteiger partial charge in [0, 0.05) is 16.1 Å². The third-order valence-electron chi connectivity index (χ3n) is 4.94. The first-order valence-corrected chi connectivity index (χ1v) is 11.4. The summed E-state index contributed by atoms with van der Waals surface area (Å²) in [5, 5.41) is 7.38. The van der Waals surface area contributed by atoms with Crippen LogP contribution >= 0.6 is 11.6 Å². The summed E-state index contributed by atoms with van der Waals surface area (Å²) in [6.45, 7) is 6.39. The molecule has 0 radical (unpaired) electrons. The van der Waals surface area contributed by atoms with Gasteiger partial charge in [0.05, 0.1) is 19.9 Å². The Balaban J connectivity index is 2.06. The lowest BCUT2D eigenvalue weighted by Crippen LogP contribution is -2.48. The highest BCUT2D eigenvalue weighted by Gasteiger charge is 2.24. The third kappa shape index (κ3) is 8.09. The van der Waals surface area contributed by atoms with Crippen molar-refractivity contribution in [1.82, 2.24) is 10.7 Å². The molecular formula is C25H32ClN3O4. The van der Waals surface area contributed by atoms with E-state index >= 15 is 0 Å². The summed E-state index contributed by atoms with van der Waals surface area (Å²) in [5.41, 5.74) is 3.62. The first-order chi connectivity index (χ1) is 15.9. The molecule has 2 aromatic rings. The van der Waals surface area contributed by atoms with Crippen LogP contribution in [0.4, 0.5) is 0 Å². The van der Waals surface area contributed by atoms with Gasteiger partial charge in [0.2, 0.25) is 0 Å². The Morgan fingerprint density at radius 2 is 1.85 bits per heavy atom. The summed E-state index contributed by atoms with van der Waals surface area (Å²) in [6.07, 6.45) is 4.62. The molecule has 0 aliphatic carbocycles. The molecule has 8 heteroatoms. The van der Waals surface area contributed by atoms with Crippen LogP contribution in [0.3, 0.4) is 0 Å². The molecule has 7 nitrogen and oxygen atoms in total. The standard InChI is InChI=1S/C25H32ClN3O4/c1-5-6-7-15-33-23-19(9-8-10-21(23)32-4)16-27-29-25(31)22(17(2)3)28-24(30)18-11-13-20(26)14-12-18/h8-14,16-17,22H,5-7,15H2,1-4H3,(H,28,30)(H,29,31)/b27-16+. The number of unbranched alkanes of at least 4 members (excludes halogenated alkanes) is 2. The highest BCUT2D eigenvalue weighted by atomic mass is 35.5. The number of nitrogens with zero attached hydrogens (tertiary/aromatic N) is 1. The number of halogens is 1. The molecule has 0 bridgehead atoms. The van der Waals surface area contributed by atoms with E-state index in [4.69, 9.17) is 21.1 Å². The SMILES string of the molecule is CCCCCOc1c(/C=N/NC(=O)C(NC(=O)c2ccc(Cl)cc2)C(C)C)cccc1OC. The Labute approximate surface area is 200 Å². The smallest absolute Gasteiger partial charge is 0.262 e. The van der Waals surface area contributed by atoms with Gasteiger partial charge in [-0.25, -0.2) is 5.43 Å². The van der Waals surface area contributed by atoms with Crippen molar-refractivity contribution in [3.8, 4) is 11.5 Å². The topological polar surface area (TPSA) is 89.0 Å². The molecule has 1 unspecified atom stereocenters.